The first-order valence-corrected chi connectivity index (χ1v) is 25.7. The number of likely N-dealkylation sites (tertiary alicyclic amines) is 1. The summed E-state index contributed by atoms with van der Waals surface area (Å²) in [6.45, 7) is 20.8. The standard InChI is InChI=1S/C33H57NO6.C12H25O.C8H17.U/c1-3-4-5-6-7-8-9-10-11-12-13-14-15-16-17-22-32(36)38-27-31-30(26-37-28-35)39-33(40-31)23-18-19-24-34-25-20-21-29(34)2;1-3-5-7-8-9-10-12-13-11-6-4-2;1-3-5-7-8-6-4-2;/h7-8,10-11,28-31,33H,3-6,9,12-27H2,1-2H3;11H,3-10,12H2,1-2H3;1,3-8H2,2H3;/q;2*-1;+2/b8-7-,11-10-;;;. The molecule has 0 radical (unpaired) electrons. The van der Waals surface area contributed by atoms with Crippen molar-refractivity contribution in [2.75, 3.05) is 32.9 Å². The van der Waals surface area contributed by atoms with Gasteiger partial charge in [-0.3, -0.25) is 9.59 Å². The summed E-state index contributed by atoms with van der Waals surface area (Å²) in [5.74, 6) is -0.201. The Balaban J connectivity index is 0. The first-order valence-electron chi connectivity index (χ1n) is 25.7. The van der Waals surface area contributed by atoms with Gasteiger partial charge in [0, 0.05) is 19.1 Å². The number of hydrogen-bond acceptors (Lipinski definition) is 8. The Morgan fingerprint density at radius 1 is 0.710 bits per heavy atom. The van der Waals surface area contributed by atoms with Crippen LogP contribution in [0.1, 0.15) is 234 Å². The van der Waals surface area contributed by atoms with E-state index in [0.29, 0.717) is 18.9 Å². The van der Waals surface area contributed by atoms with Crippen LogP contribution in [0.2, 0.25) is 0 Å². The van der Waals surface area contributed by atoms with Gasteiger partial charge in [0.2, 0.25) is 0 Å². The van der Waals surface area contributed by atoms with E-state index in [1.807, 2.05) is 6.61 Å². The third kappa shape index (κ3) is 42.0. The van der Waals surface area contributed by atoms with Crippen molar-refractivity contribution in [2.45, 2.75) is 258 Å². The smallest absolute Gasteiger partial charge is 0.552 e. The average Bonchev–Trinajstić information content (AvgIpc) is 3.87. The summed E-state index contributed by atoms with van der Waals surface area (Å²) in [7, 11) is 0. The molecular weight excluding hydrogens is 1000 g/mol. The minimum Gasteiger partial charge on any atom is -0.552 e. The van der Waals surface area contributed by atoms with E-state index in [0.717, 1.165) is 77.4 Å². The Morgan fingerprint density at radius 2 is 1.29 bits per heavy atom. The second-order valence-corrected chi connectivity index (χ2v) is 17.3. The summed E-state index contributed by atoms with van der Waals surface area (Å²) in [5.41, 5.74) is 0. The summed E-state index contributed by atoms with van der Waals surface area (Å²) in [5, 5.41) is 0. The van der Waals surface area contributed by atoms with E-state index in [2.05, 4.69) is 70.7 Å². The molecule has 362 valence electrons. The largest absolute Gasteiger partial charge is 2.00 e. The predicted octanol–water partition coefficient (Wildman–Crippen LogP) is 14.8. The van der Waals surface area contributed by atoms with Crippen LogP contribution in [0.25, 0.3) is 0 Å². The maximum atomic E-state index is 12.3. The molecular formula is C53H99NO7U. The Hall–Kier alpha value is -0.688. The molecule has 0 aromatic carbocycles. The summed E-state index contributed by atoms with van der Waals surface area (Å²) >= 11 is 0. The van der Waals surface area contributed by atoms with Crippen molar-refractivity contribution in [2.24, 2.45) is 0 Å². The molecule has 0 aromatic rings. The van der Waals surface area contributed by atoms with Gasteiger partial charge in [-0.2, -0.15) is 12.8 Å². The van der Waals surface area contributed by atoms with Gasteiger partial charge >= 0.3 is 37.1 Å². The second-order valence-electron chi connectivity index (χ2n) is 17.3. The molecule has 4 unspecified atom stereocenters. The summed E-state index contributed by atoms with van der Waals surface area (Å²) in [6.07, 6.45) is 44.9. The number of carbonyl (C=O) groups excluding carboxylic acids is 2. The third-order valence-electron chi connectivity index (χ3n) is 11.5. The number of allylic oxidation sites excluding steroid dienone is 4. The molecule has 4 atom stereocenters. The predicted molar refractivity (Wildman–Crippen MR) is 257 cm³/mol. The maximum Gasteiger partial charge on any atom is 2.00 e. The van der Waals surface area contributed by atoms with E-state index >= 15 is 0 Å². The number of rotatable bonds is 39. The van der Waals surface area contributed by atoms with Crippen LogP contribution < -0.4 is 0 Å². The fourth-order valence-corrected chi connectivity index (χ4v) is 7.47. The minimum absolute atomic E-state index is 0. The van der Waals surface area contributed by atoms with Gasteiger partial charge in [0.1, 0.15) is 25.4 Å². The van der Waals surface area contributed by atoms with Crippen LogP contribution in [0.15, 0.2) is 24.3 Å². The molecule has 8 nitrogen and oxygen atoms in total. The molecule has 0 aliphatic carbocycles. The normalized spacial score (nSPS) is 18.6. The summed E-state index contributed by atoms with van der Waals surface area (Å²) in [6, 6.07) is 0.688. The van der Waals surface area contributed by atoms with Crippen molar-refractivity contribution < 1.29 is 64.4 Å². The fourth-order valence-electron chi connectivity index (χ4n) is 7.47. The quantitative estimate of drug-likeness (QED) is 0.0198. The molecule has 0 aromatic heterocycles. The average molecular weight is 1100 g/mol. The Kier molecular flexibility index (Phi) is 52.5. The first kappa shape index (κ1) is 63.4. The zero-order valence-corrected chi connectivity index (χ0v) is 45.4. The molecule has 2 fully saturated rings. The van der Waals surface area contributed by atoms with E-state index in [4.69, 9.17) is 23.7 Å². The van der Waals surface area contributed by atoms with Crippen molar-refractivity contribution in [3.8, 4) is 0 Å². The topological polar surface area (TPSA) is 83.5 Å². The van der Waals surface area contributed by atoms with Gasteiger partial charge in [-0.15, -0.1) is 0 Å². The van der Waals surface area contributed by atoms with Crippen LogP contribution in [0.4, 0.5) is 0 Å². The van der Waals surface area contributed by atoms with Gasteiger partial charge in [-0.05, 0) is 97.1 Å². The van der Waals surface area contributed by atoms with Gasteiger partial charge in [0.25, 0.3) is 6.47 Å². The van der Waals surface area contributed by atoms with Crippen molar-refractivity contribution in [1.29, 1.82) is 0 Å². The molecule has 0 saturated carbocycles. The van der Waals surface area contributed by atoms with Gasteiger partial charge < -0.3 is 35.5 Å². The SMILES string of the molecule is CCCCC/C=C\C/C=C\CCCCCCCC(=O)OCC1OC(CCCCN2CCCC2C)OC1COC=O.CCC[CH-]OCCCCCCCC.[CH2-]CCCCCCC.[U+2]. The minimum atomic E-state index is -0.405. The number of nitrogens with zero attached hydrogens (tertiary/aromatic N) is 1. The van der Waals surface area contributed by atoms with Crippen LogP contribution in [-0.4, -0.2) is 74.8 Å². The van der Waals surface area contributed by atoms with E-state index in [-0.39, 0.29) is 56.6 Å². The van der Waals surface area contributed by atoms with Gasteiger partial charge in [0.15, 0.2) is 6.29 Å². The Bertz CT molecular complexity index is 966. The van der Waals surface area contributed by atoms with Crippen LogP contribution in [0.3, 0.4) is 0 Å². The second kappa shape index (κ2) is 51.3. The first-order chi connectivity index (χ1) is 30.0. The van der Waals surface area contributed by atoms with E-state index < -0.39 is 12.2 Å². The fraction of sp³-hybridized carbons (Fsp3) is 0.849. The van der Waals surface area contributed by atoms with Crippen LogP contribution in [-0.2, 0) is 33.3 Å². The number of esters is 1. The molecule has 0 spiro atoms. The van der Waals surface area contributed by atoms with Crippen LogP contribution in [0, 0.1) is 44.6 Å². The number of unbranched alkanes of at least 4 members (excludes halogenated alkanes) is 20. The van der Waals surface area contributed by atoms with Gasteiger partial charge in [-0.25, -0.2) is 6.61 Å². The molecule has 2 saturated heterocycles. The van der Waals surface area contributed by atoms with Crippen molar-refractivity contribution in [3.05, 3.63) is 37.8 Å². The van der Waals surface area contributed by atoms with Gasteiger partial charge in [-0.1, -0.05) is 155 Å². The molecule has 2 heterocycles. The number of hydrogen-bond donors (Lipinski definition) is 0. The van der Waals surface area contributed by atoms with E-state index in [1.54, 1.807) is 0 Å². The summed E-state index contributed by atoms with van der Waals surface area (Å²) < 4.78 is 27.8. The van der Waals surface area contributed by atoms with Gasteiger partial charge in [0.05, 0.1) is 0 Å². The molecule has 0 amide bonds. The summed E-state index contributed by atoms with van der Waals surface area (Å²) in [4.78, 5) is 25.5. The number of ether oxygens (including phenoxy) is 5. The van der Waals surface area contributed by atoms with Crippen LogP contribution in [0.5, 0.6) is 0 Å². The monoisotopic (exact) mass is 1100 g/mol. The molecule has 2 aliphatic heterocycles. The van der Waals surface area contributed by atoms with Crippen LogP contribution >= 0.6 is 0 Å². The zero-order valence-electron chi connectivity index (χ0n) is 41.2. The van der Waals surface area contributed by atoms with Crippen molar-refractivity contribution in [1.82, 2.24) is 4.90 Å². The molecule has 0 N–H and O–H groups in total. The number of carbonyl (C=O) groups is 2. The molecule has 2 rings (SSSR count). The van der Waals surface area contributed by atoms with Crippen molar-refractivity contribution >= 4 is 12.4 Å². The Labute approximate surface area is 408 Å². The molecule has 2 aliphatic rings. The molecule has 62 heavy (non-hydrogen) atoms. The molecule has 0 bridgehead atoms. The third-order valence-corrected chi connectivity index (χ3v) is 11.5. The molecule has 9 heteroatoms. The van der Waals surface area contributed by atoms with E-state index in [9.17, 15) is 9.59 Å². The van der Waals surface area contributed by atoms with E-state index in [1.165, 1.54) is 135 Å². The zero-order chi connectivity index (χ0) is 44.7. The van der Waals surface area contributed by atoms with Crippen molar-refractivity contribution in [3.63, 3.8) is 0 Å². The maximum absolute atomic E-state index is 12.3. The Morgan fingerprint density at radius 3 is 1.90 bits per heavy atom.